The van der Waals surface area contributed by atoms with Crippen molar-refractivity contribution in [3.05, 3.63) is 65.2 Å². The lowest BCUT2D eigenvalue weighted by Crippen LogP contribution is -2.08. The van der Waals surface area contributed by atoms with Crippen LogP contribution in [0.15, 0.2) is 48.5 Å². The Kier molecular flexibility index (Phi) is 5.38. The van der Waals surface area contributed by atoms with Crippen molar-refractivity contribution in [2.24, 2.45) is 0 Å². The molecule has 0 aromatic heterocycles. The van der Waals surface area contributed by atoms with Gasteiger partial charge in [0, 0.05) is 12.0 Å². The van der Waals surface area contributed by atoms with Gasteiger partial charge in [0.15, 0.2) is 5.78 Å². The van der Waals surface area contributed by atoms with Crippen LogP contribution >= 0.6 is 8.03 Å². The van der Waals surface area contributed by atoms with Gasteiger partial charge in [-0.25, -0.2) is 0 Å². The zero-order valence-electron chi connectivity index (χ0n) is 12.2. The van der Waals surface area contributed by atoms with E-state index in [1.54, 1.807) is 12.1 Å². The van der Waals surface area contributed by atoms with Crippen molar-refractivity contribution in [1.82, 2.24) is 0 Å². The Balaban J connectivity index is 1.92. The summed E-state index contributed by atoms with van der Waals surface area (Å²) in [6.07, 6.45) is 0.236. The topological polar surface area (TPSA) is 43.4 Å². The second kappa shape index (κ2) is 7.26. The van der Waals surface area contributed by atoms with Crippen LogP contribution in [0.5, 0.6) is 0 Å². The summed E-state index contributed by atoms with van der Waals surface area (Å²) >= 11 is 0. The summed E-state index contributed by atoms with van der Waals surface area (Å²) in [5.74, 6) is 0.0297. The average Bonchev–Trinajstić information content (AvgIpc) is 2.48. The molecule has 0 radical (unpaired) electrons. The smallest absolute Gasteiger partial charge is 0.294 e. The second-order valence-corrected chi connectivity index (χ2v) is 6.15. The van der Waals surface area contributed by atoms with E-state index in [1.165, 1.54) is 0 Å². The van der Waals surface area contributed by atoms with Crippen LogP contribution in [-0.2, 0) is 9.09 Å². The lowest BCUT2D eigenvalue weighted by atomic mass is 9.98. The minimum Gasteiger partial charge on any atom is -0.294 e. The molecule has 2 aromatic rings. The summed E-state index contributed by atoms with van der Waals surface area (Å²) in [6.45, 7) is 4.01. The predicted molar refractivity (Wildman–Crippen MR) is 84.5 cm³/mol. The summed E-state index contributed by atoms with van der Waals surface area (Å²) in [4.78, 5) is 12.2. The van der Waals surface area contributed by atoms with E-state index in [4.69, 9.17) is 4.52 Å². The molecular weight excluding hydrogens is 283 g/mol. The van der Waals surface area contributed by atoms with Gasteiger partial charge in [0.25, 0.3) is 0 Å². The molecule has 21 heavy (non-hydrogen) atoms. The number of aryl methyl sites for hydroxylation is 2. The van der Waals surface area contributed by atoms with Gasteiger partial charge in [-0.3, -0.25) is 4.79 Å². The van der Waals surface area contributed by atoms with Crippen molar-refractivity contribution in [2.75, 3.05) is 6.61 Å². The van der Waals surface area contributed by atoms with Crippen LogP contribution in [0.25, 0.3) is 0 Å². The van der Waals surface area contributed by atoms with Crippen molar-refractivity contribution in [3.63, 3.8) is 0 Å². The largest absolute Gasteiger partial charge is 0.548 e. The molecule has 108 valence electrons. The molecule has 0 fully saturated rings. The Morgan fingerprint density at radius 2 is 1.62 bits per heavy atom. The molecule has 0 saturated carbocycles. The summed E-state index contributed by atoms with van der Waals surface area (Å²) in [5.41, 5.74) is 2.68. The van der Waals surface area contributed by atoms with Gasteiger partial charge in [0.1, 0.15) is 6.61 Å². The first-order valence-electron chi connectivity index (χ1n) is 6.84. The van der Waals surface area contributed by atoms with Gasteiger partial charge in [-0.15, -0.1) is 4.52 Å². The maximum absolute atomic E-state index is 12.2. The summed E-state index contributed by atoms with van der Waals surface area (Å²) in [5, 5.41) is 0.645. The maximum atomic E-state index is 12.2. The maximum Gasteiger partial charge on any atom is 0.548 e. The molecule has 2 rings (SSSR count). The number of carbonyl (C=O) groups is 1. The van der Waals surface area contributed by atoms with E-state index in [2.05, 4.69) is 0 Å². The molecule has 0 saturated heterocycles. The number of benzene rings is 2. The van der Waals surface area contributed by atoms with Crippen molar-refractivity contribution in [1.29, 1.82) is 0 Å². The molecule has 0 N–H and O–H groups in total. The molecular formula is C17H18O3P+. The van der Waals surface area contributed by atoms with Crippen molar-refractivity contribution >= 4 is 19.1 Å². The van der Waals surface area contributed by atoms with Gasteiger partial charge in [-0.2, -0.15) is 0 Å². The van der Waals surface area contributed by atoms with Crippen LogP contribution in [0.1, 0.15) is 27.9 Å². The van der Waals surface area contributed by atoms with Gasteiger partial charge in [0.05, 0.1) is 0 Å². The second-order valence-electron chi connectivity index (χ2n) is 4.87. The molecule has 2 aromatic carbocycles. The number of Topliss-reactive ketones (excluding diaryl/α,β-unsaturated/α-hetero) is 1. The molecule has 0 bridgehead atoms. The highest BCUT2D eigenvalue weighted by atomic mass is 31.1. The van der Waals surface area contributed by atoms with E-state index in [0.29, 0.717) is 5.30 Å². The molecule has 1 atom stereocenters. The molecule has 0 aliphatic carbocycles. The Bertz CT molecular complexity index is 630. The first-order valence-corrected chi connectivity index (χ1v) is 8.02. The molecule has 4 heteroatoms. The van der Waals surface area contributed by atoms with Crippen LogP contribution in [-0.4, -0.2) is 12.4 Å². The number of ketones is 1. The van der Waals surface area contributed by atoms with E-state index in [1.807, 2.05) is 50.2 Å². The average molecular weight is 301 g/mol. The Morgan fingerprint density at radius 1 is 1.00 bits per heavy atom. The van der Waals surface area contributed by atoms with Gasteiger partial charge in [-0.05, 0) is 41.7 Å². The van der Waals surface area contributed by atoms with Gasteiger partial charge < -0.3 is 0 Å². The molecule has 0 heterocycles. The van der Waals surface area contributed by atoms with Gasteiger partial charge >= 0.3 is 8.03 Å². The fourth-order valence-corrected chi connectivity index (χ4v) is 3.05. The Labute approximate surface area is 125 Å². The monoisotopic (exact) mass is 301 g/mol. The summed E-state index contributed by atoms with van der Waals surface area (Å²) < 4.78 is 17.2. The Hall–Kier alpha value is -1.83. The first kappa shape index (κ1) is 15.6. The van der Waals surface area contributed by atoms with Crippen LogP contribution in [0.2, 0.25) is 0 Å². The predicted octanol–water partition coefficient (Wildman–Crippen LogP) is 3.96. The Morgan fingerprint density at radius 3 is 2.24 bits per heavy atom. The molecule has 0 aliphatic rings. The lowest BCUT2D eigenvalue weighted by Gasteiger charge is -2.07. The standard InChI is InChI=1S/C17H18O3P/c1-13-7-6-8-14(2)17(13)16(18)11-12-20-21(19)15-9-4-3-5-10-15/h3-10H,11-12H2,1-2H3/q+1. The first-order chi connectivity index (χ1) is 10.1. The zero-order valence-corrected chi connectivity index (χ0v) is 13.1. The van der Waals surface area contributed by atoms with Gasteiger partial charge in [0.2, 0.25) is 5.30 Å². The number of hydrogen-bond donors (Lipinski definition) is 0. The van der Waals surface area contributed by atoms with E-state index in [9.17, 15) is 9.36 Å². The quantitative estimate of drug-likeness (QED) is 0.599. The van der Waals surface area contributed by atoms with Crippen molar-refractivity contribution in [3.8, 4) is 0 Å². The zero-order chi connectivity index (χ0) is 15.2. The minimum absolute atomic E-state index is 0.0297. The number of carbonyl (C=O) groups excluding carboxylic acids is 1. The van der Waals surface area contributed by atoms with Crippen LogP contribution in [0, 0.1) is 13.8 Å². The fourth-order valence-electron chi connectivity index (χ4n) is 2.22. The van der Waals surface area contributed by atoms with E-state index in [-0.39, 0.29) is 18.8 Å². The SMILES string of the molecule is Cc1cccc(C)c1C(=O)CCO[P+](=O)c1ccccc1. The minimum atomic E-state index is -1.89. The van der Waals surface area contributed by atoms with E-state index in [0.717, 1.165) is 16.7 Å². The van der Waals surface area contributed by atoms with Gasteiger partial charge in [-0.1, -0.05) is 36.4 Å². The highest BCUT2D eigenvalue weighted by molar-refractivity contribution is 7.48. The van der Waals surface area contributed by atoms with Crippen molar-refractivity contribution < 1.29 is 13.9 Å². The summed E-state index contributed by atoms with van der Waals surface area (Å²) in [7, 11) is -1.89. The molecule has 0 spiro atoms. The lowest BCUT2D eigenvalue weighted by molar-refractivity contribution is 0.0963. The highest BCUT2D eigenvalue weighted by Gasteiger charge is 2.22. The number of rotatable bonds is 6. The van der Waals surface area contributed by atoms with Crippen LogP contribution in [0.4, 0.5) is 0 Å². The fraction of sp³-hybridized carbons (Fsp3) is 0.235. The normalized spacial score (nSPS) is 11.2. The molecule has 0 amide bonds. The number of hydrogen-bond acceptors (Lipinski definition) is 3. The van der Waals surface area contributed by atoms with Crippen LogP contribution in [0.3, 0.4) is 0 Å². The van der Waals surface area contributed by atoms with E-state index < -0.39 is 8.03 Å². The summed E-state index contributed by atoms with van der Waals surface area (Å²) in [6, 6.07) is 14.8. The third-order valence-corrected chi connectivity index (χ3v) is 4.40. The van der Waals surface area contributed by atoms with E-state index >= 15 is 0 Å². The third-order valence-electron chi connectivity index (χ3n) is 3.26. The third kappa shape index (κ3) is 4.07. The molecule has 0 aliphatic heterocycles. The molecule has 1 unspecified atom stereocenters. The van der Waals surface area contributed by atoms with Crippen LogP contribution < -0.4 is 5.30 Å². The highest BCUT2D eigenvalue weighted by Crippen LogP contribution is 2.22. The molecule has 3 nitrogen and oxygen atoms in total. The van der Waals surface area contributed by atoms with Crippen molar-refractivity contribution in [2.45, 2.75) is 20.3 Å².